The molecule has 6 nitrogen and oxygen atoms in total. The first kappa shape index (κ1) is 18.8. The molecule has 0 saturated carbocycles. The Labute approximate surface area is 137 Å². The van der Waals surface area contributed by atoms with Crippen LogP contribution in [-0.2, 0) is 9.53 Å². The molecule has 23 heavy (non-hydrogen) atoms. The van der Waals surface area contributed by atoms with Gasteiger partial charge in [0.15, 0.2) is 0 Å². The lowest BCUT2D eigenvalue weighted by Crippen LogP contribution is -2.37. The lowest BCUT2D eigenvalue weighted by atomic mass is 10.3. The third-order valence-electron chi connectivity index (χ3n) is 3.30. The number of hydrogen-bond donors (Lipinski definition) is 1. The molecule has 1 aromatic carbocycles. The second-order valence-electron chi connectivity index (χ2n) is 5.05. The van der Waals surface area contributed by atoms with Crippen LogP contribution in [0.5, 0.6) is 5.75 Å². The molecule has 0 aliphatic rings. The number of benzene rings is 1. The van der Waals surface area contributed by atoms with Crippen LogP contribution in [0.3, 0.4) is 0 Å². The lowest BCUT2D eigenvalue weighted by Gasteiger charge is -2.22. The average Bonchev–Trinajstić information content (AvgIpc) is 2.55. The predicted molar refractivity (Wildman–Crippen MR) is 89.7 cm³/mol. The van der Waals surface area contributed by atoms with Gasteiger partial charge in [0.05, 0.1) is 20.1 Å². The molecule has 0 aliphatic heterocycles. The van der Waals surface area contributed by atoms with Crippen LogP contribution in [0.15, 0.2) is 24.3 Å². The minimum absolute atomic E-state index is 0.202. The Morgan fingerprint density at radius 2 is 1.83 bits per heavy atom. The number of methoxy groups -OCH3 is 1. The number of urea groups is 1. The summed E-state index contributed by atoms with van der Waals surface area (Å²) in [6, 6.07) is 6.91. The number of carbonyl (C=O) groups is 2. The molecule has 1 aromatic rings. The molecule has 0 atom stereocenters. The summed E-state index contributed by atoms with van der Waals surface area (Å²) in [5, 5.41) is 2.84. The molecule has 0 spiro atoms. The Hall–Kier alpha value is -2.24. The molecule has 2 amide bonds. The van der Waals surface area contributed by atoms with Gasteiger partial charge >= 0.3 is 12.0 Å². The fourth-order valence-corrected chi connectivity index (χ4v) is 2.00. The number of anilines is 1. The summed E-state index contributed by atoms with van der Waals surface area (Å²) in [4.78, 5) is 25.5. The van der Waals surface area contributed by atoms with Crippen molar-refractivity contribution in [2.45, 2.75) is 33.1 Å². The van der Waals surface area contributed by atoms with E-state index in [1.54, 1.807) is 43.2 Å². The highest BCUT2D eigenvalue weighted by Crippen LogP contribution is 2.15. The van der Waals surface area contributed by atoms with Crippen LogP contribution in [0.1, 0.15) is 33.1 Å². The van der Waals surface area contributed by atoms with Gasteiger partial charge in [-0.15, -0.1) is 0 Å². The Balaban J connectivity index is 2.60. The van der Waals surface area contributed by atoms with Gasteiger partial charge in [0.1, 0.15) is 5.75 Å². The molecule has 0 bridgehead atoms. The van der Waals surface area contributed by atoms with E-state index in [0.29, 0.717) is 25.4 Å². The zero-order valence-corrected chi connectivity index (χ0v) is 14.1. The summed E-state index contributed by atoms with van der Waals surface area (Å²) < 4.78 is 10.00. The Bertz CT molecular complexity index is 488. The standard InChI is InChI=1S/C17H26N2O4/c1-4-6-12-19(13-11-16(20)23-5-2)17(21)18-14-7-9-15(22-3)10-8-14/h7-10H,4-6,11-13H2,1-3H3,(H,18,21). The Kier molecular flexibility index (Phi) is 8.57. The molecule has 0 saturated heterocycles. The summed E-state index contributed by atoms with van der Waals surface area (Å²) in [5.41, 5.74) is 0.688. The van der Waals surface area contributed by atoms with E-state index >= 15 is 0 Å². The highest BCUT2D eigenvalue weighted by atomic mass is 16.5. The van der Waals surface area contributed by atoms with Crippen molar-refractivity contribution in [1.82, 2.24) is 4.90 Å². The number of nitrogens with one attached hydrogen (secondary N) is 1. The van der Waals surface area contributed by atoms with E-state index in [9.17, 15) is 9.59 Å². The van der Waals surface area contributed by atoms with Crippen molar-refractivity contribution in [3.63, 3.8) is 0 Å². The zero-order valence-electron chi connectivity index (χ0n) is 14.1. The van der Waals surface area contributed by atoms with Crippen molar-refractivity contribution < 1.29 is 19.1 Å². The normalized spacial score (nSPS) is 10.0. The maximum absolute atomic E-state index is 12.4. The Morgan fingerprint density at radius 3 is 2.39 bits per heavy atom. The number of hydrogen-bond acceptors (Lipinski definition) is 4. The van der Waals surface area contributed by atoms with Gasteiger partial charge in [-0.2, -0.15) is 0 Å². The van der Waals surface area contributed by atoms with Gasteiger partial charge in [0, 0.05) is 18.8 Å². The molecule has 0 aliphatic carbocycles. The molecule has 128 valence electrons. The highest BCUT2D eigenvalue weighted by Gasteiger charge is 2.15. The van der Waals surface area contributed by atoms with Crippen LogP contribution in [0, 0.1) is 0 Å². The first-order valence-electron chi connectivity index (χ1n) is 7.96. The van der Waals surface area contributed by atoms with Crippen molar-refractivity contribution in [3.05, 3.63) is 24.3 Å². The third kappa shape index (κ3) is 7.04. The topological polar surface area (TPSA) is 67.9 Å². The second-order valence-corrected chi connectivity index (χ2v) is 5.05. The number of unbranched alkanes of at least 4 members (excludes halogenated alkanes) is 1. The molecular weight excluding hydrogens is 296 g/mol. The predicted octanol–water partition coefficient (Wildman–Crippen LogP) is 3.28. The number of esters is 1. The van der Waals surface area contributed by atoms with E-state index in [0.717, 1.165) is 18.6 Å². The third-order valence-corrected chi connectivity index (χ3v) is 3.30. The van der Waals surface area contributed by atoms with E-state index < -0.39 is 0 Å². The molecular formula is C17H26N2O4. The molecule has 0 fully saturated rings. The van der Waals surface area contributed by atoms with Crippen LogP contribution >= 0.6 is 0 Å². The lowest BCUT2D eigenvalue weighted by molar-refractivity contribution is -0.143. The summed E-state index contributed by atoms with van der Waals surface area (Å²) in [5.74, 6) is 0.444. The van der Waals surface area contributed by atoms with Gasteiger partial charge in [-0.1, -0.05) is 13.3 Å². The SMILES string of the molecule is CCCCN(CCC(=O)OCC)C(=O)Nc1ccc(OC)cc1. The fourth-order valence-electron chi connectivity index (χ4n) is 2.00. The summed E-state index contributed by atoms with van der Waals surface area (Å²) >= 11 is 0. The van der Waals surface area contributed by atoms with Crippen LogP contribution in [-0.4, -0.2) is 43.7 Å². The van der Waals surface area contributed by atoms with Crippen LogP contribution < -0.4 is 10.1 Å². The molecule has 1 rings (SSSR count). The van der Waals surface area contributed by atoms with Crippen molar-refractivity contribution >= 4 is 17.7 Å². The van der Waals surface area contributed by atoms with Gasteiger partial charge in [0.2, 0.25) is 0 Å². The first-order chi connectivity index (χ1) is 11.1. The number of amides is 2. The number of carbonyl (C=O) groups excluding carboxylic acids is 2. The van der Waals surface area contributed by atoms with Gasteiger partial charge < -0.3 is 19.7 Å². The molecule has 0 unspecified atom stereocenters. The van der Waals surface area contributed by atoms with Gasteiger partial charge in [-0.05, 0) is 37.6 Å². The van der Waals surface area contributed by atoms with Crippen molar-refractivity contribution in [2.75, 3.05) is 32.1 Å². The summed E-state index contributed by atoms with van der Waals surface area (Å²) in [7, 11) is 1.59. The van der Waals surface area contributed by atoms with Gasteiger partial charge in [-0.3, -0.25) is 4.79 Å². The largest absolute Gasteiger partial charge is 0.497 e. The number of ether oxygens (including phenoxy) is 2. The molecule has 1 N–H and O–H groups in total. The first-order valence-corrected chi connectivity index (χ1v) is 7.96. The maximum Gasteiger partial charge on any atom is 0.321 e. The second kappa shape index (κ2) is 10.5. The highest BCUT2D eigenvalue weighted by molar-refractivity contribution is 5.89. The molecule has 0 heterocycles. The number of nitrogens with zero attached hydrogens (tertiary/aromatic N) is 1. The van der Waals surface area contributed by atoms with E-state index in [2.05, 4.69) is 12.2 Å². The zero-order chi connectivity index (χ0) is 17.1. The maximum atomic E-state index is 12.4. The van der Waals surface area contributed by atoms with Crippen LogP contribution in [0.25, 0.3) is 0 Å². The van der Waals surface area contributed by atoms with E-state index in [1.807, 2.05) is 0 Å². The van der Waals surface area contributed by atoms with Crippen LogP contribution in [0.2, 0.25) is 0 Å². The van der Waals surface area contributed by atoms with Crippen molar-refractivity contribution in [2.24, 2.45) is 0 Å². The van der Waals surface area contributed by atoms with Crippen molar-refractivity contribution in [3.8, 4) is 5.75 Å². The molecule has 0 radical (unpaired) electrons. The van der Waals surface area contributed by atoms with Crippen LogP contribution in [0.4, 0.5) is 10.5 Å². The Morgan fingerprint density at radius 1 is 1.13 bits per heavy atom. The quantitative estimate of drug-likeness (QED) is 0.708. The number of rotatable bonds is 9. The van der Waals surface area contributed by atoms with E-state index in [-0.39, 0.29) is 18.4 Å². The minimum Gasteiger partial charge on any atom is -0.497 e. The van der Waals surface area contributed by atoms with Gasteiger partial charge in [-0.25, -0.2) is 4.79 Å². The monoisotopic (exact) mass is 322 g/mol. The summed E-state index contributed by atoms with van der Waals surface area (Å²) in [6.45, 7) is 5.14. The van der Waals surface area contributed by atoms with Crippen molar-refractivity contribution in [1.29, 1.82) is 0 Å². The summed E-state index contributed by atoms with van der Waals surface area (Å²) in [6.07, 6.45) is 2.07. The van der Waals surface area contributed by atoms with E-state index in [1.165, 1.54) is 0 Å². The fraction of sp³-hybridized carbons (Fsp3) is 0.529. The van der Waals surface area contributed by atoms with Gasteiger partial charge in [0.25, 0.3) is 0 Å². The minimum atomic E-state index is -0.286. The van der Waals surface area contributed by atoms with E-state index in [4.69, 9.17) is 9.47 Å². The molecule has 0 aromatic heterocycles. The smallest absolute Gasteiger partial charge is 0.321 e. The average molecular weight is 322 g/mol. The molecule has 6 heteroatoms.